The van der Waals surface area contributed by atoms with Crippen LogP contribution in [-0.4, -0.2) is 29.3 Å². The second-order valence-corrected chi connectivity index (χ2v) is 6.55. The maximum absolute atomic E-state index is 12.8. The van der Waals surface area contributed by atoms with Crippen LogP contribution in [0.4, 0.5) is 5.95 Å². The molecule has 136 valence electrons. The normalized spacial score (nSPS) is 17.6. The van der Waals surface area contributed by atoms with Gasteiger partial charge in [-0.15, -0.1) is 0 Å². The SMILES string of the molecule is CNC(=O)C1=C(C)Nc2nc3ccccc3n2[C@H]1c1ccc2c(c1)OCO2. The molecule has 0 unspecified atom stereocenters. The number of imidazole rings is 1. The summed E-state index contributed by atoms with van der Waals surface area (Å²) in [6, 6.07) is 13.4. The molecule has 0 saturated carbocycles. The standard InChI is InChI=1S/C20H18N4O3/c1-11-17(19(25)21-2)18(12-7-8-15-16(9-12)27-10-26-15)24-14-6-4-3-5-13(14)23-20(24)22-11/h3-9,18H,10H2,1-2H3,(H,21,25)(H,22,23)/t18-/m0/s1. The molecule has 0 spiro atoms. The summed E-state index contributed by atoms with van der Waals surface area (Å²) < 4.78 is 13.1. The van der Waals surface area contributed by atoms with E-state index in [1.165, 1.54) is 0 Å². The Balaban J connectivity index is 1.78. The van der Waals surface area contributed by atoms with Crippen molar-refractivity contribution in [1.82, 2.24) is 14.9 Å². The van der Waals surface area contributed by atoms with Gasteiger partial charge in [0.05, 0.1) is 22.6 Å². The number of carbonyl (C=O) groups is 1. The van der Waals surface area contributed by atoms with Crippen LogP contribution in [0.2, 0.25) is 0 Å². The highest BCUT2D eigenvalue weighted by Gasteiger charge is 2.34. The van der Waals surface area contributed by atoms with E-state index in [2.05, 4.69) is 15.2 Å². The largest absolute Gasteiger partial charge is 0.454 e. The van der Waals surface area contributed by atoms with Gasteiger partial charge in [0.2, 0.25) is 12.7 Å². The van der Waals surface area contributed by atoms with E-state index >= 15 is 0 Å². The van der Waals surface area contributed by atoms with E-state index < -0.39 is 0 Å². The molecule has 1 atom stereocenters. The average Bonchev–Trinajstić information content (AvgIpc) is 3.29. The Bertz CT molecular complexity index is 1120. The Morgan fingerprint density at radius 2 is 2.04 bits per heavy atom. The molecule has 2 aromatic carbocycles. The minimum atomic E-state index is -0.330. The van der Waals surface area contributed by atoms with Crippen LogP contribution in [0.3, 0.4) is 0 Å². The van der Waals surface area contributed by atoms with Gasteiger partial charge in [-0.25, -0.2) is 4.98 Å². The highest BCUT2D eigenvalue weighted by atomic mass is 16.7. The monoisotopic (exact) mass is 362 g/mol. The fourth-order valence-electron chi connectivity index (χ4n) is 3.79. The Morgan fingerprint density at radius 3 is 2.89 bits per heavy atom. The zero-order valence-corrected chi connectivity index (χ0v) is 14.9. The Morgan fingerprint density at radius 1 is 1.22 bits per heavy atom. The molecule has 7 nitrogen and oxygen atoms in total. The summed E-state index contributed by atoms with van der Waals surface area (Å²) in [4.78, 5) is 17.5. The second-order valence-electron chi connectivity index (χ2n) is 6.55. The maximum atomic E-state index is 12.8. The molecule has 0 fully saturated rings. The number of likely N-dealkylation sites (N-methyl/N-ethyl adjacent to an activating group) is 1. The lowest BCUT2D eigenvalue weighted by atomic mass is 9.94. The van der Waals surface area contributed by atoms with Gasteiger partial charge in [-0.2, -0.15) is 0 Å². The minimum absolute atomic E-state index is 0.133. The molecule has 1 amide bonds. The first-order valence-corrected chi connectivity index (χ1v) is 8.74. The molecular formula is C20H18N4O3. The lowest BCUT2D eigenvalue weighted by Gasteiger charge is -2.30. The Hall–Kier alpha value is -3.48. The number of anilines is 1. The number of benzene rings is 2. The van der Waals surface area contributed by atoms with Gasteiger partial charge in [0.25, 0.3) is 5.91 Å². The van der Waals surface area contributed by atoms with E-state index in [0.29, 0.717) is 23.0 Å². The number of allylic oxidation sites excluding steroid dienone is 1. The number of aromatic nitrogens is 2. The van der Waals surface area contributed by atoms with Crippen LogP contribution in [0.5, 0.6) is 11.5 Å². The second kappa shape index (κ2) is 5.77. The highest BCUT2D eigenvalue weighted by Crippen LogP contribution is 2.42. The summed E-state index contributed by atoms with van der Waals surface area (Å²) in [5.74, 6) is 1.98. The number of nitrogens with one attached hydrogen (secondary N) is 2. The van der Waals surface area contributed by atoms with Crippen molar-refractivity contribution in [2.24, 2.45) is 0 Å². The van der Waals surface area contributed by atoms with Crippen LogP contribution in [0, 0.1) is 0 Å². The van der Waals surface area contributed by atoms with Gasteiger partial charge in [-0.3, -0.25) is 9.36 Å². The van der Waals surface area contributed by atoms with E-state index in [1.54, 1.807) is 7.05 Å². The van der Waals surface area contributed by atoms with E-state index in [1.807, 2.05) is 49.4 Å². The van der Waals surface area contributed by atoms with Crippen molar-refractivity contribution in [1.29, 1.82) is 0 Å². The first kappa shape index (κ1) is 15.7. The first-order valence-electron chi connectivity index (χ1n) is 8.74. The molecular weight excluding hydrogens is 344 g/mol. The van der Waals surface area contributed by atoms with Gasteiger partial charge in [0, 0.05) is 12.7 Å². The molecule has 2 aliphatic heterocycles. The summed E-state index contributed by atoms with van der Waals surface area (Å²) in [6.07, 6.45) is 0. The van der Waals surface area contributed by atoms with Gasteiger partial charge in [0.15, 0.2) is 11.5 Å². The molecule has 2 N–H and O–H groups in total. The molecule has 1 aromatic heterocycles. The molecule has 3 aromatic rings. The van der Waals surface area contributed by atoms with Crippen molar-refractivity contribution in [2.75, 3.05) is 19.2 Å². The number of hydrogen-bond donors (Lipinski definition) is 2. The van der Waals surface area contributed by atoms with Gasteiger partial charge in [-0.1, -0.05) is 18.2 Å². The van der Waals surface area contributed by atoms with Crippen molar-refractivity contribution in [3.8, 4) is 11.5 Å². The first-order chi connectivity index (χ1) is 13.2. The third-order valence-corrected chi connectivity index (χ3v) is 5.01. The van der Waals surface area contributed by atoms with Crippen LogP contribution in [0.25, 0.3) is 11.0 Å². The smallest absolute Gasteiger partial charge is 0.251 e. The van der Waals surface area contributed by atoms with Crippen molar-refractivity contribution in [3.05, 3.63) is 59.3 Å². The minimum Gasteiger partial charge on any atom is -0.454 e. The number of amides is 1. The quantitative estimate of drug-likeness (QED) is 0.733. The van der Waals surface area contributed by atoms with Crippen molar-refractivity contribution in [3.63, 3.8) is 0 Å². The van der Waals surface area contributed by atoms with Crippen LogP contribution in [0.15, 0.2) is 53.7 Å². The molecule has 27 heavy (non-hydrogen) atoms. The third kappa shape index (κ3) is 2.28. The summed E-state index contributed by atoms with van der Waals surface area (Å²) in [7, 11) is 1.64. The molecule has 2 aliphatic rings. The number of carbonyl (C=O) groups excluding carboxylic acids is 1. The molecule has 0 aliphatic carbocycles. The lowest BCUT2D eigenvalue weighted by molar-refractivity contribution is -0.117. The maximum Gasteiger partial charge on any atom is 0.251 e. The van der Waals surface area contributed by atoms with Crippen LogP contribution in [0.1, 0.15) is 18.5 Å². The molecule has 0 saturated heterocycles. The topological polar surface area (TPSA) is 77.4 Å². The summed E-state index contributed by atoms with van der Waals surface area (Å²) in [6.45, 7) is 2.11. The van der Waals surface area contributed by atoms with E-state index in [4.69, 9.17) is 14.5 Å². The highest BCUT2D eigenvalue weighted by molar-refractivity contribution is 5.97. The Labute approximate surface area is 155 Å². The zero-order chi connectivity index (χ0) is 18.5. The predicted molar refractivity (Wildman–Crippen MR) is 101 cm³/mol. The van der Waals surface area contributed by atoms with Gasteiger partial charge in [0.1, 0.15) is 0 Å². The van der Waals surface area contributed by atoms with Crippen LogP contribution in [-0.2, 0) is 4.79 Å². The van der Waals surface area contributed by atoms with E-state index in [0.717, 1.165) is 22.3 Å². The molecule has 5 rings (SSSR count). The van der Waals surface area contributed by atoms with E-state index in [9.17, 15) is 4.79 Å². The third-order valence-electron chi connectivity index (χ3n) is 5.01. The zero-order valence-electron chi connectivity index (χ0n) is 14.9. The molecule has 0 bridgehead atoms. The predicted octanol–water partition coefficient (Wildman–Crippen LogP) is 2.80. The summed E-state index contributed by atoms with van der Waals surface area (Å²) in [5, 5.41) is 6.04. The van der Waals surface area contributed by atoms with Crippen molar-refractivity contribution >= 4 is 22.9 Å². The number of rotatable bonds is 2. The summed E-state index contributed by atoms with van der Waals surface area (Å²) >= 11 is 0. The average molecular weight is 362 g/mol. The number of ether oxygens (including phenoxy) is 2. The molecule has 7 heteroatoms. The van der Waals surface area contributed by atoms with Crippen LogP contribution >= 0.6 is 0 Å². The van der Waals surface area contributed by atoms with Crippen molar-refractivity contribution < 1.29 is 14.3 Å². The summed E-state index contributed by atoms with van der Waals surface area (Å²) in [5.41, 5.74) is 4.18. The van der Waals surface area contributed by atoms with Crippen LogP contribution < -0.4 is 20.1 Å². The van der Waals surface area contributed by atoms with Gasteiger partial charge in [-0.05, 0) is 36.8 Å². The number of nitrogens with zero attached hydrogens (tertiary/aromatic N) is 2. The van der Waals surface area contributed by atoms with E-state index in [-0.39, 0.29) is 18.7 Å². The number of para-hydroxylation sites is 2. The van der Waals surface area contributed by atoms with Crippen molar-refractivity contribution in [2.45, 2.75) is 13.0 Å². The van der Waals surface area contributed by atoms with Gasteiger partial charge < -0.3 is 20.1 Å². The fraction of sp³-hybridized carbons (Fsp3) is 0.200. The lowest BCUT2D eigenvalue weighted by Crippen LogP contribution is -2.33. The fourth-order valence-corrected chi connectivity index (χ4v) is 3.79. The number of fused-ring (bicyclic) bond motifs is 4. The number of hydrogen-bond acceptors (Lipinski definition) is 5. The Kier molecular flexibility index (Phi) is 3.36. The molecule has 3 heterocycles. The van der Waals surface area contributed by atoms with Gasteiger partial charge >= 0.3 is 0 Å². The molecule has 0 radical (unpaired) electrons.